The quantitative estimate of drug-likeness (QED) is 0.221. The number of aromatic nitrogens is 2. The molecular formula is C34H18N2OS. The van der Waals surface area contributed by atoms with Gasteiger partial charge in [0, 0.05) is 32.0 Å². The number of thiophene rings is 1. The molecule has 0 amide bonds. The van der Waals surface area contributed by atoms with Crippen molar-refractivity contribution < 1.29 is 4.42 Å². The van der Waals surface area contributed by atoms with Crippen LogP contribution in [0.5, 0.6) is 0 Å². The lowest BCUT2D eigenvalue weighted by Crippen LogP contribution is -1.94. The first-order valence-corrected chi connectivity index (χ1v) is 13.5. The Bertz CT molecular complexity index is 2350. The Labute approximate surface area is 220 Å². The summed E-state index contributed by atoms with van der Waals surface area (Å²) in [5.41, 5.74) is 5.79. The fraction of sp³-hybridized carbons (Fsp3) is 0. The van der Waals surface area contributed by atoms with Gasteiger partial charge in [0.1, 0.15) is 11.2 Å². The lowest BCUT2D eigenvalue weighted by molar-refractivity contribution is 0.669. The van der Waals surface area contributed by atoms with Crippen LogP contribution in [0.1, 0.15) is 0 Å². The Morgan fingerprint density at radius 3 is 2.11 bits per heavy atom. The van der Waals surface area contributed by atoms with Gasteiger partial charge in [-0.05, 0) is 45.8 Å². The van der Waals surface area contributed by atoms with Crippen LogP contribution in [0.4, 0.5) is 0 Å². The molecule has 0 aliphatic heterocycles. The maximum absolute atomic E-state index is 6.45. The van der Waals surface area contributed by atoms with Crippen LogP contribution in [-0.4, -0.2) is 9.97 Å². The van der Waals surface area contributed by atoms with E-state index in [1.807, 2.05) is 6.07 Å². The number of nitrogens with zero attached hydrogens (tertiary/aromatic N) is 2. The molecule has 176 valence electrons. The van der Waals surface area contributed by atoms with E-state index < -0.39 is 0 Å². The Hall–Kier alpha value is -4.80. The van der Waals surface area contributed by atoms with Gasteiger partial charge in [0.25, 0.3) is 0 Å². The highest BCUT2D eigenvalue weighted by Gasteiger charge is 2.21. The molecule has 0 saturated heterocycles. The maximum atomic E-state index is 6.45. The van der Waals surface area contributed by atoms with Crippen LogP contribution in [0.2, 0.25) is 0 Å². The molecule has 0 fully saturated rings. The summed E-state index contributed by atoms with van der Waals surface area (Å²) in [6.45, 7) is 0. The summed E-state index contributed by atoms with van der Waals surface area (Å²) >= 11 is 1.76. The third-order valence-electron chi connectivity index (χ3n) is 7.63. The minimum atomic E-state index is 0.710. The van der Waals surface area contributed by atoms with Gasteiger partial charge >= 0.3 is 0 Å². The van der Waals surface area contributed by atoms with E-state index in [1.54, 1.807) is 11.3 Å². The monoisotopic (exact) mass is 502 g/mol. The van der Waals surface area contributed by atoms with E-state index in [9.17, 15) is 0 Å². The van der Waals surface area contributed by atoms with Gasteiger partial charge in [-0.3, -0.25) is 0 Å². The fourth-order valence-electron chi connectivity index (χ4n) is 5.98. The first-order valence-electron chi connectivity index (χ1n) is 12.7. The lowest BCUT2D eigenvalue weighted by Gasteiger charge is -2.10. The van der Waals surface area contributed by atoms with E-state index >= 15 is 0 Å². The van der Waals surface area contributed by atoms with Crippen LogP contribution in [0, 0.1) is 0 Å². The number of rotatable bonds is 2. The Morgan fingerprint density at radius 2 is 1.24 bits per heavy atom. The van der Waals surface area contributed by atoms with Crippen LogP contribution in [0.15, 0.2) is 114 Å². The first-order chi connectivity index (χ1) is 18.8. The van der Waals surface area contributed by atoms with E-state index in [1.165, 1.54) is 37.0 Å². The van der Waals surface area contributed by atoms with Crippen LogP contribution in [0.25, 0.3) is 86.4 Å². The molecule has 0 atom stereocenters. The normalized spacial score (nSPS) is 12.2. The molecule has 3 heterocycles. The molecule has 0 spiro atoms. The molecule has 0 saturated carbocycles. The summed E-state index contributed by atoms with van der Waals surface area (Å²) in [5, 5.41) is 8.36. The molecule has 0 unspecified atom stereocenters. The van der Waals surface area contributed by atoms with E-state index in [2.05, 4.69) is 103 Å². The van der Waals surface area contributed by atoms with Crippen molar-refractivity contribution in [1.29, 1.82) is 0 Å². The van der Waals surface area contributed by atoms with Gasteiger partial charge in [0.2, 0.25) is 0 Å². The minimum Gasteiger partial charge on any atom is -0.456 e. The van der Waals surface area contributed by atoms with Crippen molar-refractivity contribution in [1.82, 2.24) is 9.97 Å². The van der Waals surface area contributed by atoms with Crippen molar-refractivity contribution in [3.05, 3.63) is 109 Å². The Kier molecular flexibility index (Phi) is 3.93. The highest BCUT2D eigenvalue weighted by Crippen LogP contribution is 2.45. The van der Waals surface area contributed by atoms with Gasteiger partial charge in [-0.15, -0.1) is 11.3 Å². The summed E-state index contributed by atoms with van der Waals surface area (Å²) in [6, 6.07) is 38.2. The summed E-state index contributed by atoms with van der Waals surface area (Å²) in [7, 11) is 0. The molecule has 6 aromatic carbocycles. The molecule has 0 aliphatic carbocycles. The smallest absolute Gasteiger partial charge is 0.160 e. The number of furan rings is 1. The number of hydrogen-bond donors (Lipinski definition) is 0. The van der Waals surface area contributed by atoms with E-state index in [0.717, 1.165) is 43.6 Å². The largest absolute Gasteiger partial charge is 0.456 e. The summed E-state index contributed by atoms with van der Waals surface area (Å²) < 4.78 is 8.78. The summed E-state index contributed by atoms with van der Waals surface area (Å²) in [4.78, 5) is 10.4. The second kappa shape index (κ2) is 7.37. The van der Waals surface area contributed by atoms with Crippen molar-refractivity contribution in [3.63, 3.8) is 0 Å². The fourth-order valence-corrected chi connectivity index (χ4v) is 7.13. The second-order valence-corrected chi connectivity index (χ2v) is 10.8. The van der Waals surface area contributed by atoms with Gasteiger partial charge in [-0.25, -0.2) is 9.97 Å². The van der Waals surface area contributed by atoms with Gasteiger partial charge in [-0.1, -0.05) is 84.9 Å². The highest BCUT2D eigenvalue weighted by atomic mass is 32.1. The third-order valence-corrected chi connectivity index (χ3v) is 8.80. The zero-order valence-corrected chi connectivity index (χ0v) is 20.9. The van der Waals surface area contributed by atoms with E-state index in [4.69, 9.17) is 14.4 Å². The average Bonchev–Trinajstić information content (AvgIpc) is 3.55. The van der Waals surface area contributed by atoms with Gasteiger partial charge in [0.05, 0.1) is 15.9 Å². The van der Waals surface area contributed by atoms with E-state index in [0.29, 0.717) is 5.82 Å². The molecule has 3 nitrogen and oxygen atoms in total. The zero-order chi connectivity index (χ0) is 24.8. The predicted molar refractivity (Wildman–Crippen MR) is 159 cm³/mol. The summed E-state index contributed by atoms with van der Waals surface area (Å²) in [6.07, 6.45) is 0. The standard InChI is InChI=1S/C34H18N2OS/c1-2-9-19(10-3-1)31-33-32(24-13-6-7-16-28(24)38-33)36-34(35-31)20-17-25-22-12-5-4-11-21(22)23-14-8-15-26-29(23)30(25)27(18-20)37-26/h1-18H. The van der Waals surface area contributed by atoms with Crippen LogP contribution in [0.3, 0.4) is 0 Å². The Morgan fingerprint density at radius 1 is 0.526 bits per heavy atom. The Balaban J connectivity index is 1.43. The van der Waals surface area contributed by atoms with Crippen LogP contribution < -0.4 is 0 Å². The molecular weight excluding hydrogens is 484 g/mol. The SMILES string of the molecule is c1ccc(-c2nc(-c3cc4oc5cccc6c7ccccc7c(c3)c4c56)nc3c2sc2ccccc23)cc1. The highest BCUT2D eigenvalue weighted by molar-refractivity contribution is 7.26. The molecule has 3 aromatic heterocycles. The molecule has 9 rings (SSSR count). The zero-order valence-electron chi connectivity index (χ0n) is 20.1. The first kappa shape index (κ1) is 20.3. The molecule has 9 aromatic rings. The van der Waals surface area contributed by atoms with Crippen molar-refractivity contribution in [2.45, 2.75) is 0 Å². The lowest BCUT2D eigenvalue weighted by atomic mass is 9.93. The van der Waals surface area contributed by atoms with Crippen molar-refractivity contribution in [2.75, 3.05) is 0 Å². The molecule has 0 radical (unpaired) electrons. The van der Waals surface area contributed by atoms with Crippen molar-refractivity contribution in [2.24, 2.45) is 0 Å². The molecule has 38 heavy (non-hydrogen) atoms. The van der Waals surface area contributed by atoms with Crippen LogP contribution >= 0.6 is 11.3 Å². The minimum absolute atomic E-state index is 0.710. The summed E-state index contributed by atoms with van der Waals surface area (Å²) in [5.74, 6) is 0.710. The van der Waals surface area contributed by atoms with Gasteiger partial charge < -0.3 is 4.42 Å². The van der Waals surface area contributed by atoms with Gasteiger partial charge in [-0.2, -0.15) is 0 Å². The van der Waals surface area contributed by atoms with Crippen molar-refractivity contribution in [3.8, 4) is 22.6 Å². The molecule has 4 heteroatoms. The number of hydrogen-bond acceptors (Lipinski definition) is 4. The van der Waals surface area contributed by atoms with Crippen LogP contribution in [-0.2, 0) is 0 Å². The molecule has 0 aliphatic rings. The maximum Gasteiger partial charge on any atom is 0.160 e. The molecule has 0 N–H and O–H groups in total. The molecule has 0 bridgehead atoms. The third kappa shape index (κ3) is 2.67. The van der Waals surface area contributed by atoms with Gasteiger partial charge in [0.15, 0.2) is 5.82 Å². The van der Waals surface area contributed by atoms with E-state index in [-0.39, 0.29) is 0 Å². The second-order valence-electron chi connectivity index (χ2n) is 9.76. The van der Waals surface area contributed by atoms with Crippen molar-refractivity contribution >= 4 is 75.1 Å². The average molecular weight is 503 g/mol. The predicted octanol–water partition coefficient (Wildman–Crippen LogP) is 9.82. The number of fused-ring (bicyclic) bond motifs is 6. The topological polar surface area (TPSA) is 38.9 Å². The number of benzene rings is 6.